The monoisotopic (exact) mass is 534 g/mol. The summed E-state index contributed by atoms with van der Waals surface area (Å²) in [6.45, 7) is 4.56. The minimum absolute atomic E-state index is 0. The summed E-state index contributed by atoms with van der Waals surface area (Å²) in [5, 5.41) is 4.93. The summed E-state index contributed by atoms with van der Waals surface area (Å²) in [5.74, 6) is 1.58. The second kappa shape index (κ2) is 13.6. The van der Waals surface area contributed by atoms with E-state index in [-0.39, 0.29) is 35.2 Å². The van der Waals surface area contributed by atoms with E-state index in [1.165, 1.54) is 0 Å². The predicted molar refractivity (Wildman–Crippen MR) is 125 cm³/mol. The van der Waals surface area contributed by atoms with Crippen LogP contribution in [0.25, 0.3) is 0 Å². The first-order valence-corrected chi connectivity index (χ1v) is 11.0. The highest BCUT2D eigenvalue weighted by molar-refractivity contribution is 5.23. The van der Waals surface area contributed by atoms with Gasteiger partial charge in [0.15, 0.2) is 12.4 Å². The van der Waals surface area contributed by atoms with Crippen LogP contribution in [0.1, 0.15) is 54.9 Å². The Kier molecular flexibility index (Phi) is 11.1. The summed E-state index contributed by atoms with van der Waals surface area (Å²) in [4.78, 5) is 0. The first-order valence-electron chi connectivity index (χ1n) is 11.0. The van der Waals surface area contributed by atoms with Crippen molar-refractivity contribution < 1.29 is 40.6 Å². The third-order valence-electron chi connectivity index (χ3n) is 5.72. The number of methoxy groups -OCH3 is 4. The summed E-state index contributed by atoms with van der Waals surface area (Å²) in [7, 11) is 6.63. The Morgan fingerprint density at radius 2 is 1.38 bits per heavy atom. The van der Waals surface area contributed by atoms with Crippen molar-refractivity contribution in [3.8, 4) is 0 Å². The zero-order valence-electron chi connectivity index (χ0n) is 20.6. The molecule has 3 atom stereocenters. The predicted octanol–water partition coefficient (Wildman–Crippen LogP) is 0.541. The minimum atomic E-state index is -0.534. The first kappa shape index (κ1) is 27.9. The minimum Gasteiger partial charge on any atom is -1.00 e. The molecule has 0 aliphatic carbocycles. The van der Waals surface area contributed by atoms with E-state index in [1.54, 1.807) is 28.4 Å². The second-order valence-electron chi connectivity index (χ2n) is 7.81. The fourth-order valence-electron chi connectivity index (χ4n) is 3.78. The number of halogens is 1. The van der Waals surface area contributed by atoms with Crippen molar-refractivity contribution in [1.29, 1.82) is 0 Å². The lowest BCUT2D eigenvalue weighted by molar-refractivity contribution is -0.754. The fourth-order valence-corrected chi connectivity index (χ4v) is 3.78. The Balaban J connectivity index is 0.00000408. The highest BCUT2D eigenvalue weighted by atomic mass is 79.9. The molecule has 186 valence electrons. The number of rotatable bonds is 12. The normalized spacial score (nSPS) is 13.9. The van der Waals surface area contributed by atoms with Crippen molar-refractivity contribution in [2.45, 2.75) is 44.9 Å². The molecule has 0 radical (unpaired) electrons. The third-order valence-corrected chi connectivity index (χ3v) is 5.72. The molecule has 0 saturated heterocycles. The van der Waals surface area contributed by atoms with Crippen molar-refractivity contribution in [2.24, 2.45) is 0 Å². The fraction of sp³-hybridized carbons (Fsp3) is 0.440. The highest BCUT2D eigenvalue weighted by Crippen LogP contribution is 2.25. The van der Waals surface area contributed by atoms with Crippen molar-refractivity contribution in [1.82, 2.24) is 9.77 Å². The molecule has 34 heavy (non-hydrogen) atoms. The van der Waals surface area contributed by atoms with Gasteiger partial charge >= 0.3 is 5.82 Å². The summed E-state index contributed by atoms with van der Waals surface area (Å²) < 4.78 is 26.6. The Morgan fingerprint density at radius 3 is 1.91 bits per heavy atom. The smallest absolute Gasteiger partial charge is 0.331 e. The van der Waals surface area contributed by atoms with E-state index in [2.05, 4.69) is 17.6 Å². The van der Waals surface area contributed by atoms with Crippen LogP contribution >= 0.6 is 0 Å². The molecule has 0 amide bonds. The molecule has 8 nitrogen and oxygen atoms in total. The topological polar surface area (TPSA) is 70.7 Å². The Bertz CT molecular complexity index is 983. The SMILES string of the molecule is COC(OC)C(Nn1c([C@H](C)OC)n[n+](Cc2ccccc2)c1[C@H](C)OC)c1ccccc1.[Br-]. The molecule has 3 aromatic rings. The van der Waals surface area contributed by atoms with Gasteiger partial charge in [-0.3, -0.25) is 0 Å². The summed E-state index contributed by atoms with van der Waals surface area (Å²) in [5.41, 5.74) is 5.75. The van der Waals surface area contributed by atoms with Crippen molar-refractivity contribution in [2.75, 3.05) is 33.9 Å². The summed E-state index contributed by atoms with van der Waals surface area (Å²) >= 11 is 0. The Morgan fingerprint density at radius 1 is 0.824 bits per heavy atom. The second-order valence-corrected chi connectivity index (χ2v) is 7.81. The molecule has 9 heteroatoms. The van der Waals surface area contributed by atoms with Crippen molar-refractivity contribution >= 4 is 0 Å². The van der Waals surface area contributed by atoms with Gasteiger partial charge < -0.3 is 35.9 Å². The lowest BCUT2D eigenvalue weighted by Gasteiger charge is -2.26. The highest BCUT2D eigenvalue weighted by Gasteiger charge is 2.36. The van der Waals surface area contributed by atoms with Gasteiger partial charge in [-0.2, -0.15) is 0 Å². The molecule has 3 rings (SSSR count). The van der Waals surface area contributed by atoms with Crippen LogP contribution in [-0.4, -0.2) is 44.5 Å². The van der Waals surface area contributed by atoms with Crippen LogP contribution in [0.5, 0.6) is 0 Å². The van der Waals surface area contributed by atoms with Crippen molar-refractivity contribution in [3.63, 3.8) is 0 Å². The zero-order chi connectivity index (χ0) is 23.8. The lowest BCUT2D eigenvalue weighted by Crippen LogP contribution is -3.00. The molecule has 0 bridgehead atoms. The molecular formula is C25H35BrN4O4. The molecule has 1 aromatic heterocycles. The Hall–Kier alpha value is -2.30. The molecule has 1 N–H and O–H groups in total. The van der Waals surface area contributed by atoms with Gasteiger partial charge in [0.25, 0.3) is 5.82 Å². The van der Waals surface area contributed by atoms with E-state index >= 15 is 0 Å². The van der Waals surface area contributed by atoms with Crippen LogP contribution in [0.2, 0.25) is 0 Å². The molecule has 1 unspecified atom stereocenters. The maximum absolute atomic E-state index is 5.76. The van der Waals surface area contributed by atoms with Crippen LogP contribution in [0, 0.1) is 0 Å². The summed E-state index contributed by atoms with van der Waals surface area (Å²) in [6, 6.07) is 20.0. The molecule has 0 aliphatic rings. The van der Waals surface area contributed by atoms with Gasteiger partial charge in [0.1, 0.15) is 18.7 Å². The quantitative estimate of drug-likeness (QED) is 0.270. The maximum atomic E-state index is 5.76. The number of benzene rings is 2. The van der Waals surface area contributed by atoms with E-state index in [4.69, 9.17) is 24.0 Å². The number of nitrogens with zero attached hydrogens (tertiary/aromatic N) is 3. The van der Waals surface area contributed by atoms with E-state index in [1.807, 2.05) is 71.7 Å². The van der Waals surface area contributed by atoms with Gasteiger partial charge in [-0.1, -0.05) is 60.7 Å². The molecular weight excluding hydrogens is 500 g/mol. The van der Waals surface area contributed by atoms with Crippen LogP contribution in [0.15, 0.2) is 60.7 Å². The largest absolute Gasteiger partial charge is 1.00 e. The number of aromatic nitrogens is 3. The average molecular weight is 535 g/mol. The Labute approximate surface area is 212 Å². The first-order chi connectivity index (χ1) is 16.0. The van der Waals surface area contributed by atoms with E-state index in [9.17, 15) is 0 Å². The van der Waals surface area contributed by atoms with Crippen LogP contribution in [0.4, 0.5) is 0 Å². The number of nitrogens with one attached hydrogen (secondary N) is 1. The van der Waals surface area contributed by atoms with E-state index in [0.717, 1.165) is 22.8 Å². The molecule has 0 spiro atoms. The molecule has 0 aliphatic heterocycles. The molecule has 2 aromatic carbocycles. The van der Waals surface area contributed by atoms with Gasteiger partial charge in [0.05, 0.1) is 0 Å². The zero-order valence-corrected chi connectivity index (χ0v) is 22.2. The van der Waals surface area contributed by atoms with Gasteiger partial charge in [-0.05, 0) is 30.1 Å². The van der Waals surface area contributed by atoms with Gasteiger partial charge in [0, 0.05) is 28.4 Å². The van der Waals surface area contributed by atoms with Crippen molar-refractivity contribution in [3.05, 3.63) is 83.4 Å². The molecule has 0 saturated carbocycles. The number of hydrogen-bond acceptors (Lipinski definition) is 6. The molecule has 1 heterocycles. The maximum Gasteiger partial charge on any atom is 0.331 e. The van der Waals surface area contributed by atoms with Crippen LogP contribution < -0.4 is 27.1 Å². The van der Waals surface area contributed by atoms with Gasteiger partial charge in [0.2, 0.25) is 0 Å². The summed E-state index contributed by atoms with van der Waals surface area (Å²) in [6.07, 6.45) is -1.04. The van der Waals surface area contributed by atoms with Gasteiger partial charge in [-0.15, -0.1) is 9.36 Å². The van der Waals surface area contributed by atoms with Crippen LogP contribution in [-0.2, 0) is 25.5 Å². The van der Waals surface area contributed by atoms with E-state index in [0.29, 0.717) is 6.54 Å². The molecule has 0 fully saturated rings. The van der Waals surface area contributed by atoms with E-state index < -0.39 is 6.29 Å². The number of hydrogen-bond donors (Lipinski definition) is 1. The standard InChI is InChI=1S/C25H35N4O4.BrH/c1-18(30-3)23-27-28(17-20-13-9-7-10-14-20)24(19(2)31-4)29(23)26-22(25(32-5)33-6)21-15-11-8-12-16-21;/h7-16,18-19,22,25-26H,17H2,1-6H3;1H/q+1;/p-1/t18-,19-,22?;/m0./s1. The average Bonchev–Trinajstić information content (AvgIpc) is 3.21. The van der Waals surface area contributed by atoms with Gasteiger partial charge in [-0.25, -0.2) is 5.43 Å². The lowest BCUT2D eigenvalue weighted by atomic mass is 10.1. The third kappa shape index (κ3) is 6.43. The number of ether oxygens (including phenoxy) is 4. The van der Waals surface area contributed by atoms with Crippen LogP contribution in [0.3, 0.4) is 0 Å².